The molecule has 0 aliphatic carbocycles. The average molecular weight is 329 g/mol. The number of hydrogen-bond acceptors (Lipinski definition) is 7. The van der Waals surface area contributed by atoms with Crippen LogP contribution in [0.25, 0.3) is 0 Å². The Morgan fingerprint density at radius 3 is 2.13 bits per heavy atom. The highest BCUT2D eigenvalue weighted by Gasteiger charge is 2.36. The number of hydrogen-bond donors (Lipinski definition) is 7. The molecule has 8 nitrogen and oxygen atoms in total. The molecule has 0 saturated carbocycles. The largest absolute Gasteiger partial charge is 0.394 e. The van der Waals surface area contributed by atoms with E-state index in [4.69, 9.17) is 5.11 Å². The molecule has 0 aliphatic heterocycles. The predicted octanol–water partition coefficient (Wildman–Crippen LogP) is -2.86. The summed E-state index contributed by atoms with van der Waals surface area (Å²) in [6.07, 6.45) is -9.07. The molecule has 0 radical (unpaired) electrons. The Balaban J connectivity index is 2.45. The Kier molecular flexibility index (Phi) is 8.10. The molecular weight excluding hydrogens is 306 g/mol. The van der Waals surface area contributed by atoms with Crippen LogP contribution < -0.4 is 5.32 Å². The van der Waals surface area contributed by atoms with E-state index in [1.165, 1.54) is 0 Å². The van der Waals surface area contributed by atoms with Gasteiger partial charge in [-0.15, -0.1) is 0 Å². The van der Waals surface area contributed by atoms with Crippen LogP contribution in [0.3, 0.4) is 0 Å². The van der Waals surface area contributed by atoms with Gasteiger partial charge in [0.25, 0.3) is 5.91 Å². The van der Waals surface area contributed by atoms with E-state index >= 15 is 0 Å². The van der Waals surface area contributed by atoms with E-state index in [-0.39, 0.29) is 6.54 Å². The van der Waals surface area contributed by atoms with Crippen LogP contribution in [-0.4, -0.2) is 80.2 Å². The Bertz CT molecular complexity index is 470. The summed E-state index contributed by atoms with van der Waals surface area (Å²) < 4.78 is 0. The zero-order valence-electron chi connectivity index (χ0n) is 12.5. The van der Waals surface area contributed by atoms with E-state index in [0.29, 0.717) is 6.42 Å². The number of carbonyl (C=O) groups is 1. The molecule has 8 heteroatoms. The second-order valence-corrected chi connectivity index (χ2v) is 5.19. The summed E-state index contributed by atoms with van der Waals surface area (Å²) in [5.41, 5.74) is 0.976. The van der Waals surface area contributed by atoms with Crippen LogP contribution in [-0.2, 0) is 11.2 Å². The third kappa shape index (κ3) is 5.87. The van der Waals surface area contributed by atoms with Gasteiger partial charge in [0.2, 0.25) is 0 Å². The Labute approximate surface area is 133 Å². The summed E-state index contributed by atoms with van der Waals surface area (Å²) in [4.78, 5) is 11.7. The van der Waals surface area contributed by atoms with Gasteiger partial charge in [-0.2, -0.15) is 0 Å². The van der Waals surface area contributed by atoms with Gasteiger partial charge in [0.15, 0.2) is 6.10 Å². The third-order valence-corrected chi connectivity index (χ3v) is 3.43. The molecule has 0 aromatic heterocycles. The maximum Gasteiger partial charge on any atom is 0.251 e. The summed E-state index contributed by atoms with van der Waals surface area (Å²) in [6.45, 7) is -0.630. The smallest absolute Gasteiger partial charge is 0.251 e. The lowest BCUT2D eigenvalue weighted by Gasteiger charge is -2.27. The van der Waals surface area contributed by atoms with Gasteiger partial charge >= 0.3 is 0 Å². The van der Waals surface area contributed by atoms with Crippen molar-refractivity contribution in [2.45, 2.75) is 36.9 Å². The van der Waals surface area contributed by atoms with Crippen molar-refractivity contribution in [1.82, 2.24) is 5.32 Å². The lowest BCUT2D eigenvalue weighted by Crippen LogP contribution is -2.54. The van der Waals surface area contributed by atoms with Gasteiger partial charge < -0.3 is 36.0 Å². The van der Waals surface area contributed by atoms with Crippen LogP contribution in [0.2, 0.25) is 0 Å². The molecule has 0 spiro atoms. The first-order valence-corrected chi connectivity index (χ1v) is 7.21. The number of nitrogens with one attached hydrogen (secondary N) is 1. The first-order chi connectivity index (χ1) is 10.9. The topological polar surface area (TPSA) is 150 Å². The average Bonchev–Trinajstić information content (AvgIpc) is 2.59. The van der Waals surface area contributed by atoms with E-state index in [9.17, 15) is 30.3 Å². The highest BCUT2D eigenvalue weighted by molar-refractivity contribution is 5.81. The summed E-state index contributed by atoms with van der Waals surface area (Å²) in [6, 6.07) is 9.29. The minimum Gasteiger partial charge on any atom is -0.394 e. The van der Waals surface area contributed by atoms with Crippen LogP contribution in [0, 0.1) is 0 Å². The first kappa shape index (κ1) is 19.5. The SMILES string of the molecule is O=C(NCCc1ccccc1)[C@H](O)[C@H](O)[C@H](O)[C@H](O)[C@H](O)CO. The van der Waals surface area contributed by atoms with Crippen molar-refractivity contribution >= 4 is 5.91 Å². The van der Waals surface area contributed by atoms with Crippen molar-refractivity contribution in [2.24, 2.45) is 0 Å². The molecule has 1 aromatic rings. The summed E-state index contributed by atoms with van der Waals surface area (Å²) >= 11 is 0. The molecule has 0 bridgehead atoms. The van der Waals surface area contributed by atoms with Crippen molar-refractivity contribution in [3.8, 4) is 0 Å². The molecule has 23 heavy (non-hydrogen) atoms. The monoisotopic (exact) mass is 329 g/mol. The van der Waals surface area contributed by atoms with Gasteiger partial charge in [0, 0.05) is 6.54 Å². The van der Waals surface area contributed by atoms with E-state index in [1.54, 1.807) is 0 Å². The van der Waals surface area contributed by atoms with Gasteiger partial charge in [-0.25, -0.2) is 0 Å². The Morgan fingerprint density at radius 1 is 0.957 bits per heavy atom. The van der Waals surface area contributed by atoms with Gasteiger partial charge in [-0.1, -0.05) is 30.3 Å². The van der Waals surface area contributed by atoms with Crippen LogP contribution in [0.4, 0.5) is 0 Å². The van der Waals surface area contributed by atoms with E-state index < -0.39 is 43.0 Å². The van der Waals surface area contributed by atoms with Gasteiger partial charge in [0.05, 0.1) is 6.61 Å². The molecule has 5 atom stereocenters. The highest BCUT2D eigenvalue weighted by Crippen LogP contribution is 2.09. The van der Waals surface area contributed by atoms with E-state index in [0.717, 1.165) is 5.56 Å². The van der Waals surface area contributed by atoms with Crippen molar-refractivity contribution in [2.75, 3.05) is 13.2 Å². The fraction of sp³-hybridized carbons (Fsp3) is 0.533. The molecule has 1 rings (SSSR count). The maximum absolute atomic E-state index is 11.7. The standard InChI is InChI=1S/C15H23NO7/c17-8-10(18)11(19)12(20)13(21)14(22)15(23)16-7-6-9-4-2-1-3-5-9/h1-5,10-14,17-22H,6-8H2,(H,16,23)/t10-,11-,12-,13-,14-/m1/s1. The lowest BCUT2D eigenvalue weighted by molar-refractivity contribution is -0.156. The molecule has 1 amide bonds. The molecule has 0 saturated heterocycles. The molecule has 1 aromatic carbocycles. The second-order valence-electron chi connectivity index (χ2n) is 5.19. The molecule has 130 valence electrons. The van der Waals surface area contributed by atoms with Crippen LogP contribution in [0.15, 0.2) is 30.3 Å². The zero-order valence-corrected chi connectivity index (χ0v) is 12.5. The quantitative estimate of drug-likeness (QED) is 0.257. The molecule has 0 aliphatic rings. The number of amides is 1. The van der Waals surface area contributed by atoms with Crippen LogP contribution in [0.5, 0.6) is 0 Å². The third-order valence-electron chi connectivity index (χ3n) is 3.43. The zero-order chi connectivity index (χ0) is 17.4. The molecule has 0 fully saturated rings. The van der Waals surface area contributed by atoms with Crippen molar-refractivity contribution < 1.29 is 35.4 Å². The number of aliphatic hydroxyl groups excluding tert-OH is 6. The Hall–Kier alpha value is -1.55. The molecule has 7 N–H and O–H groups in total. The summed E-state index contributed by atoms with van der Waals surface area (Å²) in [5.74, 6) is -0.918. The van der Waals surface area contributed by atoms with Gasteiger partial charge in [-0.3, -0.25) is 4.79 Å². The lowest BCUT2D eigenvalue weighted by atomic mass is 9.99. The van der Waals surface area contributed by atoms with Crippen molar-refractivity contribution in [3.05, 3.63) is 35.9 Å². The van der Waals surface area contributed by atoms with Crippen LogP contribution in [0.1, 0.15) is 5.56 Å². The summed E-state index contributed by atoms with van der Waals surface area (Å²) in [7, 11) is 0. The fourth-order valence-electron chi connectivity index (χ4n) is 1.96. The normalized spacial score (nSPS) is 17.8. The van der Waals surface area contributed by atoms with Gasteiger partial charge in [0.1, 0.15) is 24.4 Å². The number of aliphatic hydroxyl groups is 6. The predicted molar refractivity (Wildman–Crippen MR) is 80.3 cm³/mol. The summed E-state index contributed by atoms with van der Waals surface area (Å²) in [5, 5.41) is 58.6. The maximum atomic E-state index is 11.7. The second kappa shape index (κ2) is 9.56. The minimum absolute atomic E-state index is 0.213. The highest BCUT2D eigenvalue weighted by atomic mass is 16.4. The number of rotatable bonds is 9. The van der Waals surface area contributed by atoms with Crippen LogP contribution >= 0.6 is 0 Å². The number of carbonyl (C=O) groups excluding carboxylic acids is 1. The minimum atomic E-state index is -2.01. The van der Waals surface area contributed by atoms with Gasteiger partial charge in [-0.05, 0) is 12.0 Å². The first-order valence-electron chi connectivity index (χ1n) is 7.21. The van der Waals surface area contributed by atoms with E-state index in [2.05, 4.69) is 5.32 Å². The molecular formula is C15H23NO7. The molecule has 0 unspecified atom stereocenters. The van der Waals surface area contributed by atoms with E-state index in [1.807, 2.05) is 30.3 Å². The van der Waals surface area contributed by atoms with Crippen molar-refractivity contribution in [1.29, 1.82) is 0 Å². The fourth-order valence-corrected chi connectivity index (χ4v) is 1.96. The van der Waals surface area contributed by atoms with Crippen molar-refractivity contribution in [3.63, 3.8) is 0 Å². The molecule has 0 heterocycles. The number of benzene rings is 1. The Morgan fingerprint density at radius 2 is 1.57 bits per heavy atom.